The molecule has 1 atom stereocenters. The smallest absolute Gasteiger partial charge is 0.301 e. The van der Waals surface area contributed by atoms with Gasteiger partial charge in [0, 0.05) is 5.56 Å². The normalized spacial score (nSPS) is 17.5. The maximum atomic E-state index is 13.3. The number of ether oxygens (including phenoxy) is 1. The average Bonchev–Trinajstić information content (AvgIpc) is 3.39. The van der Waals surface area contributed by atoms with Crippen LogP contribution in [0.25, 0.3) is 16.5 Å². The Morgan fingerprint density at radius 2 is 1.76 bits per heavy atom. The van der Waals surface area contributed by atoms with Gasteiger partial charge in [-0.25, -0.2) is 0 Å². The number of aryl methyl sites for hydroxylation is 1. The Morgan fingerprint density at radius 1 is 1.03 bits per heavy atom. The fourth-order valence-corrected chi connectivity index (χ4v) is 4.94. The summed E-state index contributed by atoms with van der Waals surface area (Å²) >= 11 is 1.22. The van der Waals surface area contributed by atoms with Gasteiger partial charge in [-0.1, -0.05) is 53.8 Å². The van der Waals surface area contributed by atoms with Crippen molar-refractivity contribution in [3.05, 3.63) is 88.4 Å². The Hall–Kier alpha value is -4.04. The summed E-state index contributed by atoms with van der Waals surface area (Å²) in [6, 6.07) is 19.4. The van der Waals surface area contributed by atoms with Crippen LogP contribution >= 0.6 is 11.3 Å². The van der Waals surface area contributed by atoms with E-state index >= 15 is 0 Å². The number of amides is 1. The second-order valence-corrected chi connectivity index (χ2v) is 8.96. The van der Waals surface area contributed by atoms with Gasteiger partial charge in [-0.05, 0) is 54.4 Å². The Kier molecular flexibility index (Phi) is 5.59. The maximum Gasteiger partial charge on any atom is 0.301 e. The molecule has 0 unspecified atom stereocenters. The van der Waals surface area contributed by atoms with Crippen LogP contribution in [0.5, 0.6) is 5.75 Å². The number of rotatable bonds is 5. The number of benzene rings is 3. The summed E-state index contributed by atoms with van der Waals surface area (Å²) < 4.78 is 5.48. The summed E-state index contributed by atoms with van der Waals surface area (Å²) in [5.74, 6) is -1.11. The molecule has 1 fully saturated rings. The number of hydrogen-bond acceptors (Lipinski definition) is 7. The van der Waals surface area contributed by atoms with Gasteiger partial charge in [0.15, 0.2) is 0 Å². The minimum Gasteiger partial charge on any atom is -0.507 e. The number of anilines is 1. The number of aliphatic hydroxyl groups excluding tert-OH is 1. The third-order valence-corrected chi connectivity index (χ3v) is 6.56. The molecule has 1 aromatic heterocycles. The van der Waals surface area contributed by atoms with E-state index in [1.165, 1.54) is 16.2 Å². The van der Waals surface area contributed by atoms with Crippen molar-refractivity contribution >= 4 is 44.7 Å². The highest BCUT2D eigenvalue weighted by Gasteiger charge is 2.48. The van der Waals surface area contributed by atoms with E-state index in [1.54, 1.807) is 31.2 Å². The molecule has 1 amide bonds. The lowest BCUT2D eigenvalue weighted by Gasteiger charge is -2.24. The zero-order valence-corrected chi connectivity index (χ0v) is 19.4. The number of aromatic nitrogens is 2. The molecule has 34 heavy (non-hydrogen) atoms. The minimum atomic E-state index is -0.856. The van der Waals surface area contributed by atoms with E-state index in [9.17, 15) is 14.7 Å². The molecule has 0 spiro atoms. The van der Waals surface area contributed by atoms with Crippen LogP contribution in [0.2, 0.25) is 0 Å². The topological polar surface area (TPSA) is 92.6 Å². The molecule has 170 valence electrons. The van der Waals surface area contributed by atoms with Crippen molar-refractivity contribution in [1.29, 1.82) is 0 Å². The Bertz CT molecular complexity index is 1440. The zero-order chi connectivity index (χ0) is 23.8. The molecule has 1 N–H and O–H groups in total. The van der Waals surface area contributed by atoms with Crippen LogP contribution in [0.4, 0.5) is 5.13 Å². The van der Waals surface area contributed by atoms with Gasteiger partial charge in [0.2, 0.25) is 5.13 Å². The van der Waals surface area contributed by atoms with E-state index in [4.69, 9.17) is 4.74 Å². The summed E-state index contributed by atoms with van der Waals surface area (Å²) in [5.41, 5.74) is 1.15. The fraction of sp³-hybridized carbons (Fsp3) is 0.154. The number of aliphatic hydroxyl groups is 1. The van der Waals surface area contributed by atoms with Crippen LogP contribution in [0.15, 0.2) is 72.3 Å². The molecule has 1 saturated heterocycles. The number of hydrogen-bond donors (Lipinski definition) is 1. The summed E-state index contributed by atoms with van der Waals surface area (Å²) in [5, 5.41) is 22.3. The second-order valence-electron chi connectivity index (χ2n) is 7.80. The van der Waals surface area contributed by atoms with Gasteiger partial charge in [-0.3, -0.25) is 14.5 Å². The van der Waals surface area contributed by atoms with Crippen molar-refractivity contribution in [3.63, 3.8) is 0 Å². The Labute approximate surface area is 199 Å². The molecule has 0 aliphatic carbocycles. The van der Waals surface area contributed by atoms with E-state index in [0.29, 0.717) is 28.1 Å². The number of carbonyl (C=O) groups excluding carboxylic acids is 2. The predicted molar refractivity (Wildman–Crippen MR) is 131 cm³/mol. The van der Waals surface area contributed by atoms with Gasteiger partial charge in [0.25, 0.3) is 5.78 Å². The SMILES string of the molecule is CCOc1ccc(/C(O)=C2\C(=O)C(=O)N(c3nnc(C)s3)[C@@H]2c2cccc3ccccc23)cc1. The molecule has 8 heteroatoms. The summed E-state index contributed by atoms with van der Waals surface area (Å²) in [6.07, 6.45) is 0. The van der Waals surface area contributed by atoms with Crippen molar-refractivity contribution in [1.82, 2.24) is 10.2 Å². The van der Waals surface area contributed by atoms with Crippen molar-refractivity contribution in [3.8, 4) is 5.75 Å². The first-order valence-electron chi connectivity index (χ1n) is 10.8. The van der Waals surface area contributed by atoms with Crippen molar-refractivity contribution in [2.75, 3.05) is 11.5 Å². The van der Waals surface area contributed by atoms with Crippen molar-refractivity contribution < 1.29 is 19.4 Å². The van der Waals surface area contributed by atoms with E-state index in [-0.39, 0.29) is 11.3 Å². The second kappa shape index (κ2) is 8.72. The number of carbonyl (C=O) groups is 2. The van der Waals surface area contributed by atoms with Crippen LogP contribution in [-0.2, 0) is 9.59 Å². The fourth-order valence-electron chi connectivity index (χ4n) is 4.23. The molecule has 1 aliphatic heterocycles. The largest absolute Gasteiger partial charge is 0.507 e. The summed E-state index contributed by atoms with van der Waals surface area (Å²) in [4.78, 5) is 27.9. The predicted octanol–water partition coefficient (Wildman–Crippen LogP) is 5.02. The molecule has 3 aromatic carbocycles. The summed E-state index contributed by atoms with van der Waals surface area (Å²) in [7, 11) is 0. The number of Topliss-reactive ketones (excluding diaryl/α,β-unsaturated/α-hetero) is 1. The first kappa shape index (κ1) is 21.8. The van der Waals surface area contributed by atoms with Crippen molar-refractivity contribution in [2.24, 2.45) is 0 Å². The number of fused-ring (bicyclic) bond motifs is 1. The highest BCUT2D eigenvalue weighted by Crippen LogP contribution is 2.44. The zero-order valence-electron chi connectivity index (χ0n) is 18.6. The van der Waals surface area contributed by atoms with E-state index < -0.39 is 17.7 Å². The van der Waals surface area contributed by atoms with Crippen LogP contribution < -0.4 is 9.64 Å². The molecule has 4 aromatic rings. The molecular formula is C26H21N3O4S. The van der Waals surface area contributed by atoms with Crippen LogP contribution in [0, 0.1) is 6.92 Å². The number of ketones is 1. The van der Waals surface area contributed by atoms with E-state index in [0.717, 1.165) is 16.3 Å². The van der Waals surface area contributed by atoms with E-state index in [1.807, 2.05) is 49.4 Å². The van der Waals surface area contributed by atoms with Gasteiger partial charge in [0.05, 0.1) is 18.2 Å². The quantitative estimate of drug-likeness (QED) is 0.249. The molecule has 0 saturated carbocycles. The van der Waals surface area contributed by atoms with Crippen LogP contribution in [-0.4, -0.2) is 33.6 Å². The van der Waals surface area contributed by atoms with Crippen molar-refractivity contribution in [2.45, 2.75) is 19.9 Å². The minimum absolute atomic E-state index is 0.0124. The first-order valence-corrected chi connectivity index (χ1v) is 11.6. The maximum absolute atomic E-state index is 13.3. The molecule has 1 aliphatic rings. The molecule has 0 bridgehead atoms. The Morgan fingerprint density at radius 3 is 2.47 bits per heavy atom. The van der Waals surface area contributed by atoms with Gasteiger partial charge in [0.1, 0.15) is 16.5 Å². The highest BCUT2D eigenvalue weighted by atomic mass is 32.1. The highest BCUT2D eigenvalue weighted by molar-refractivity contribution is 7.15. The lowest BCUT2D eigenvalue weighted by atomic mass is 9.92. The molecule has 7 nitrogen and oxygen atoms in total. The summed E-state index contributed by atoms with van der Waals surface area (Å²) in [6.45, 7) is 4.18. The van der Waals surface area contributed by atoms with Crippen LogP contribution in [0.3, 0.4) is 0 Å². The lowest BCUT2D eigenvalue weighted by molar-refractivity contribution is -0.132. The van der Waals surface area contributed by atoms with Gasteiger partial charge in [-0.15, -0.1) is 10.2 Å². The average molecular weight is 472 g/mol. The molecular weight excluding hydrogens is 450 g/mol. The van der Waals surface area contributed by atoms with Crippen LogP contribution in [0.1, 0.15) is 29.1 Å². The molecule has 5 rings (SSSR count). The molecule has 2 heterocycles. The van der Waals surface area contributed by atoms with Gasteiger partial charge >= 0.3 is 5.91 Å². The van der Waals surface area contributed by atoms with Gasteiger partial charge < -0.3 is 9.84 Å². The lowest BCUT2D eigenvalue weighted by Crippen LogP contribution is -2.29. The first-order chi connectivity index (χ1) is 16.5. The molecule has 0 radical (unpaired) electrons. The Balaban J connectivity index is 1.74. The third kappa shape index (κ3) is 3.62. The monoisotopic (exact) mass is 471 g/mol. The van der Waals surface area contributed by atoms with E-state index in [2.05, 4.69) is 10.2 Å². The number of nitrogens with zero attached hydrogens (tertiary/aromatic N) is 3. The van der Waals surface area contributed by atoms with Gasteiger partial charge in [-0.2, -0.15) is 0 Å². The standard InChI is InChI=1S/C26H21N3O4S/c1-3-33-18-13-11-17(12-14-18)23(30)21-22(20-10-6-8-16-7-4-5-9-19(16)20)29(25(32)24(21)31)26-28-27-15(2)34-26/h4-14,22,30H,3H2,1-2H3/b23-21+/t22-/m1/s1. The third-order valence-electron chi connectivity index (χ3n) is 5.72.